The molecule has 0 aliphatic rings. The molecule has 5 heteroatoms. The molecule has 0 aliphatic heterocycles. The summed E-state index contributed by atoms with van der Waals surface area (Å²) in [6, 6.07) is 2.03. The monoisotopic (exact) mass is 297 g/mol. The van der Waals surface area contributed by atoms with Crippen LogP contribution < -0.4 is 5.73 Å². The maximum Gasteiger partial charge on any atom is 0.125 e. The van der Waals surface area contributed by atoms with E-state index in [0.29, 0.717) is 6.54 Å². The predicted octanol–water partition coefficient (Wildman–Crippen LogP) is 2.78. The molecule has 84 valence electrons. The van der Waals surface area contributed by atoms with Crippen LogP contribution >= 0.6 is 27.3 Å². The summed E-state index contributed by atoms with van der Waals surface area (Å²) in [6.45, 7) is 2.69. The van der Waals surface area contributed by atoms with Crippen LogP contribution in [0.2, 0.25) is 0 Å². The molecule has 0 spiro atoms. The standard InChI is InChI=1S/C11H12BrN3S/c1-7-10(2-3-13)16-11(15-7)8-4-9(12)6-14-5-8/h4-6H,2-3,13H2,1H3. The number of halogens is 1. The number of aryl methyl sites for hydroxylation is 1. The van der Waals surface area contributed by atoms with Crippen LogP contribution in [0.3, 0.4) is 0 Å². The molecule has 16 heavy (non-hydrogen) atoms. The molecule has 0 radical (unpaired) electrons. The minimum absolute atomic E-state index is 0.666. The highest BCUT2D eigenvalue weighted by Gasteiger charge is 2.09. The fraction of sp³-hybridized carbons (Fsp3) is 0.273. The van der Waals surface area contributed by atoms with E-state index in [4.69, 9.17) is 5.73 Å². The Labute approximate surface area is 107 Å². The third-order valence-corrected chi connectivity index (χ3v) is 3.92. The van der Waals surface area contributed by atoms with Gasteiger partial charge in [-0.1, -0.05) is 0 Å². The van der Waals surface area contributed by atoms with Gasteiger partial charge in [0.15, 0.2) is 0 Å². The van der Waals surface area contributed by atoms with Gasteiger partial charge in [-0.2, -0.15) is 0 Å². The molecular weight excluding hydrogens is 286 g/mol. The van der Waals surface area contributed by atoms with Gasteiger partial charge in [0.2, 0.25) is 0 Å². The number of aromatic nitrogens is 2. The van der Waals surface area contributed by atoms with Crippen molar-refractivity contribution in [2.24, 2.45) is 5.73 Å². The van der Waals surface area contributed by atoms with Crippen molar-refractivity contribution >= 4 is 27.3 Å². The van der Waals surface area contributed by atoms with Crippen molar-refractivity contribution in [2.75, 3.05) is 6.54 Å². The number of hydrogen-bond acceptors (Lipinski definition) is 4. The normalized spacial score (nSPS) is 10.7. The molecule has 2 heterocycles. The van der Waals surface area contributed by atoms with Gasteiger partial charge in [-0.25, -0.2) is 4.98 Å². The van der Waals surface area contributed by atoms with Crippen LogP contribution in [-0.2, 0) is 6.42 Å². The summed E-state index contributed by atoms with van der Waals surface area (Å²) in [5.74, 6) is 0. The zero-order valence-electron chi connectivity index (χ0n) is 8.90. The van der Waals surface area contributed by atoms with E-state index in [0.717, 1.165) is 27.2 Å². The zero-order chi connectivity index (χ0) is 11.5. The number of rotatable bonds is 3. The van der Waals surface area contributed by atoms with Gasteiger partial charge in [0.25, 0.3) is 0 Å². The van der Waals surface area contributed by atoms with Crippen molar-refractivity contribution in [1.29, 1.82) is 0 Å². The fourth-order valence-electron chi connectivity index (χ4n) is 1.44. The third-order valence-electron chi connectivity index (χ3n) is 2.22. The smallest absolute Gasteiger partial charge is 0.125 e. The summed E-state index contributed by atoms with van der Waals surface area (Å²) < 4.78 is 0.971. The molecule has 0 saturated heterocycles. The van der Waals surface area contributed by atoms with E-state index in [1.165, 1.54) is 4.88 Å². The summed E-state index contributed by atoms with van der Waals surface area (Å²) in [7, 11) is 0. The largest absolute Gasteiger partial charge is 0.330 e. The van der Waals surface area contributed by atoms with Crippen LogP contribution in [0.1, 0.15) is 10.6 Å². The fourth-order valence-corrected chi connectivity index (χ4v) is 2.87. The maximum absolute atomic E-state index is 5.56. The molecule has 0 aromatic carbocycles. The highest BCUT2D eigenvalue weighted by Crippen LogP contribution is 2.28. The van der Waals surface area contributed by atoms with Gasteiger partial charge in [0, 0.05) is 27.3 Å². The van der Waals surface area contributed by atoms with Crippen LogP contribution in [0.4, 0.5) is 0 Å². The Kier molecular flexibility index (Phi) is 3.68. The van der Waals surface area contributed by atoms with E-state index in [1.807, 2.05) is 19.2 Å². The van der Waals surface area contributed by atoms with Crippen LogP contribution in [0.25, 0.3) is 10.6 Å². The summed E-state index contributed by atoms with van der Waals surface area (Å²) in [5.41, 5.74) is 7.68. The average Bonchev–Trinajstić information content (AvgIpc) is 2.61. The number of hydrogen-bond donors (Lipinski definition) is 1. The number of nitrogens with zero attached hydrogens (tertiary/aromatic N) is 2. The Hall–Kier alpha value is -0.780. The molecule has 0 unspecified atom stereocenters. The molecule has 0 aliphatic carbocycles. The second-order valence-corrected chi connectivity index (χ2v) is 5.46. The molecule has 2 rings (SSSR count). The minimum atomic E-state index is 0.666. The molecule has 2 N–H and O–H groups in total. The van der Waals surface area contributed by atoms with E-state index in [9.17, 15) is 0 Å². The summed E-state index contributed by atoms with van der Waals surface area (Å²) in [4.78, 5) is 9.94. The molecule has 3 nitrogen and oxygen atoms in total. The first kappa shape index (κ1) is 11.7. The summed E-state index contributed by atoms with van der Waals surface area (Å²) in [5, 5.41) is 1.01. The first-order chi connectivity index (χ1) is 7.70. The highest BCUT2D eigenvalue weighted by atomic mass is 79.9. The summed E-state index contributed by atoms with van der Waals surface area (Å²) >= 11 is 5.10. The van der Waals surface area contributed by atoms with Crippen molar-refractivity contribution in [1.82, 2.24) is 9.97 Å². The zero-order valence-corrected chi connectivity index (χ0v) is 11.3. The Bertz CT molecular complexity index is 496. The van der Waals surface area contributed by atoms with Gasteiger partial charge in [-0.3, -0.25) is 4.98 Å². The highest BCUT2D eigenvalue weighted by molar-refractivity contribution is 9.10. The molecular formula is C11H12BrN3S. The van der Waals surface area contributed by atoms with E-state index in [2.05, 4.69) is 25.9 Å². The Morgan fingerprint density at radius 3 is 2.94 bits per heavy atom. The minimum Gasteiger partial charge on any atom is -0.330 e. The van der Waals surface area contributed by atoms with Crippen molar-refractivity contribution in [3.8, 4) is 10.6 Å². The lowest BCUT2D eigenvalue weighted by atomic mass is 10.3. The third kappa shape index (κ3) is 2.48. The first-order valence-corrected chi connectivity index (χ1v) is 6.59. The number of nitrogens with two attached hydrogens (primary N) is 1. The maximum atomic E-state index is 5.56. The second kappa shape index (κ2) is 5.03. The van der Waals surface area contributed by atoms with Crippen LogP contribution in [-0.4, -0.2) is 16.5 Å². The van der Waals surface area contributed by atoms with Gasteiger partial charge in [-0.15, -0.1) is 11.3 Å². The lowest BCUT2D eigenvalue weighted by Gasteiger charge is -1.95. The quantitative estimate of drug-likeness (QED) is 0.948. The van der Waals surface area contributed by atoms with Crippen LogP contribution in [0.5, 0.6) is 0 Å². The van der Waals surface area contributed by atoms with E-state index in [-0.39, 0.29) is 0 Å². The van der Waals surface area contributed by atoms with Crippen molar-refractivity contribution in [3.63, 3.8) is 0 Å². The molecule has 0 atom stereocenters. The van der Waals surface area contributed by atoms with Crippen LogP contribution in [0.15, 0.2) is 22.9 Å². The van der Waals surface area contributed by atoms with Gasteiger partial charge >= 0.3 is 0 Å². The van der Waals surface area contributed by atoms with Gasteiger partial charge < -0.3 is 5.73 Å². The second-order valence-electron chi connectivity index (χ2n) is 3.46. The predicted molar refractivity (Wildman–Crippen MR) is 70.5 cm³/mol. The van der Waals surface area contributed by atoms with Crippen molar-refractivity contribution in [2.45, 2.75) is 13.3 Å². The molecule has 0 amide bonds. The van der Waals surface area contributed by atoms with E-state index >= 15 is 0 Å². The molecule has 2 aromatic heterocycles. The van der Waals surface area contributed by atoms with Crippen molar-refractivity contribution in [3.05, 3.63) is 33.5 Å². The van der Waals surface area contributed by atoms with Crippen LogP contribution in [0, 0.1) is 6.92 Å². The Morgan fingerprint density at radius 2 is 2.25 bits per heavy atom. The van der Waals surface area contributed by atoms with Crippen molar-refractivity contribution < 1.29 is 0 Å². The van der Waals surface area contributed by atoms with Gasteiger partial charge in [-0.05, 0) is 41.9 Å². The molecule has 0 bridgehead atoms. The first-order valence-electron chi connectivity index (χ1n) is 4.98. The number of thiazole rings is 1. The molecule has 0 saturated carbocycles. The van der Waals surface area contributed by atoms with E-state index < -0.39 is 0 Å². The van der Waals surface area contributed by atoms with Gasteiger partial charge in [0.1, 0.15) is 5.01 Å². The van der Waals surface area contributed by atoms with Gasteiger partial charge in [0.05, 0.1) is 5.69 Å². The Morgan fingerprint density at radius 1 is 1.44 bits per heavy atom. The lowest BCUT2D eigenvalue weighted by molar-refractivity contribution is 0.970. The Balaban J connectivity index is 2.37. The topological polar surface area (TPSA) is 51.8 Å². The summed E-state index contributed by atoms with van der Waals surface area (Å²) in [6.07, 6.45) is 4.49. The molecule has 0 fully saturated rings. The van der Waals surface area contributed by atoms with E-state index in [1.54, 1.807) is 17.5 Å². The number of pyridine rings is 1. The lowest BCUT2D eigenvalue weighted by Crippen LogP contribution is -2.01. The average molecular weight is 298 g/mol. The molecule has 2 aromatic rings. The SMILES string of the molecule is Cc1nc(-c2cncc(Br)c2)sc1CCN.